The van der Waals surface area contributed by atoms with Crippen molar-refractivity contribution in [1.82, 2.24) is 10.3 Å². The summed E-state index contributed by atoms with van der Waals surface area (Å²) < 4.78 is 6.77. The first-order valence-electron chi connectivity index (χ1n) is 6.36. The van der Waals surface area contributed by atoms with Gasteiger partial charge in [0.15, 0.2) is 0 Å². The summed E-state index contributed by atoms with van der Waals surface area (Å²) in [6, 6.07) is 3.53. The first-order chi connectivity index (χ1) is 10.1. The van der Waals surface area contributed by atoms with Crippen molar-refractivity contribution in [1.29, 1.82) is 0 Å². The van der Waals surface area contributed by atoms with Crippen LogP contribution in [0.15, 0.2) is 21.7 Å². The Bertz CT molecular complexity index is 548. The number of benzene rings is 1. The molecule has 6 nitrogen and oxygen atoms in total. The number of halogens is 2. The van der Waals surface area contributed by atoms with Gasteiger partial charge >= 0.3 is 0 Å². The molecule has 0 spiro atoms. The SMILES string of the molecule is O=C(CN1CCOCC1)N/N=C\c1cc(Br)cc(I)c1O. The molecule has 0 unspecified atom stereocenters. The van der Waals surface area contributed by atoms with Crippen LogP contribution in [0.2, 0.25) is 0 Å². The molecule has 1 heterocycles. The van der Waals surface area contributed by atoms with E-state index in [0.29, 0.717) is 28.9 Å². The zero-order chi connectivity index (χ0) is 15.2. The summed E-state index contributed by atoms with van der Waals surface area (Å²) in [6.07, 6.45) is 1.43. The Morgan fingerprint density at radius 3 is 2.95 bits per heavy atom. The lowest BCUT2D eigenvalue weighted by Gasteiger charge is -2.25. The number of nitrogens with one attached hydrogen (secondary N) is 1. The summed E-state index contributed by atoms with van der Waals surface area (Å²) in [6.45, 7) is 3.11. The standard InChI is InChI=1S/C13H15BrIN3O3/c14-10-5-9(13(20)11(15)6-10)7-16-17-12(19)8-18-1-3-21-4-2-18/h5-7,20H,1-4,8H2,(H,17,19)/b16-7-. The minimum absolute atomic E-state index is 0.143. The van der Waals surface area contributed by atoms with Crippen LogP contribution in [0.5, 0.6) is 5.75 Å². The quantitative estimate of drug-likeness (QED) is 0.400. The van der Waals surface area contributed by atoms with Crippen LogP contribution in [0, 0.1) is 3.57 Å². The molecule has 21 heavy (non-hydrogen) atoms. The highest BCUT2D eigenvalue weighted by Crippen LogP contribution is 2.27. The molecule has 1 aromatic carbocycles. The molecule has 2 N–H and O–H groups in total. The fourth-order valence-corrected chi connectivity index (χ4v) is 3.41. The fourth-order valence-electron chi connectivity index (χ4n) is 1.86. The van der Waals surface area contributed by atoms with Crippen molar-refractivity contribution in [3.63, 3.8) is 0 Å². The van der Waals surface area contributed by atoms with Crippen LogP contribution in [0.1, 0.15) is 5.56 Å². The first kappa shape index (κ1) is 16.7. The predicted molar refractivity (Wildman–Crippen MR) is 91.5 cm³/mol. The number of morpholine rings is 1. The van der Waals surface area contributed by atoms with Gasteiger partial charge in [-0.05, 0) is 34.7 Å². The van der Waals surface area contributed by atoms with Crippen molar-refractivity contribution in [3.05, 3.63) is 25.7 Å². The molecular formula is C13H15BrIN3O3. The number of hydrazone groups is 1. The number of ether oxygens (including phenoxy) is 1. The number of hydrogen-bond acceptors (Lipinski definition) is 5. The smallest absolute Gasteiger partial charge is 0.254 e. The van der Waals surface area contributed by atoms with E-state index < -0.39 is 0 Å². The lowest BCUT2D eigenvalue weighted by Crippen LogP contribution is -2.42. The van der Waals surface area contributed by atoms with Gasteiger partial charge in [0.05, 0.1) is 29.5 Å². The van der Waals surface area contributed by atoms with E-state index in [1.165, 1.54) is 6.21 Å². The molecule has 0 bridgehead atoms. The van der Waals surface area contributed by atoms with Gasteiger partial charge in [-0.1, -0.05) is 15.9 Å². The van der Waals surface area contributed by atoms with Crippen LogP contribution in [0.3, 0.4) is 0 Å². The van der Waals surface area contributed by atoms with Crippen LogP contribution in [0.4, 0.5) is 0 Å². The monoisotopic (exact) mass is 467 g/mol. The lowest BCUT2D eigenvalue weighted by molar-refractivity contribution is -0.123. The van der Waals surface area contributed by atoms with Gasteiger partial charge in [0, 0.05) is 23.1 Å². The Balaban J connectivity index is 1.88. The molecule has 0 aromatic heterocycles. The molecule has 0 atom stereocenters. The summed E-state index contributed by atoms with van der Waals surface area (Å²) >= 11 is 5.38. The molecule has 1 saturated heterocycles. The summed E-state index contributed by atoms with van der Waals surface area (Å²) in [5.41, 5.74) is 3.01. The van der Waals surface area contributed by atoms with Gasteiger partial charge in [-0.2, -0.15) is 5.10 Å². The minimum atomic E-state index is -0.183. The number of hydrogen-bond donors (Lipinski definition) is 2. The van der Waals surface area contributed by atoms with E-state index in [9.17, 15) is 9.90 Å². The maximum absolute atomic E-state index is 11.7. The van der Waals surface area contributed by atoms with Crippen molar-refractivity contribution in [2.24, 2.45) is 5.10 Å². The molecule has 1 fully saturated rings. The second kappa shape index (κ2) is 8.06. The van der Waals surface area contributed by atoms with Gasteiger partial charge in [0.25, 0.3) is 5.91 Å². The first-order valence-corrected chi connectivity index (χ1v) is 8.23. The lowest BCUT2D eigenvalue weighted by atomic mass is 10.2. The van der Waals surface area contributed by atoms with Gasteiger partial charge in [-0.25, -0.2) is 5.43 Å². The Morgan fingerprint density at radius 2 is 2.24 bits per heavy atom. The van der Waals surface area contributed by atoms with Crippen LogP contribution in [-0.2, 0) is 9.53 Å². The molecule has 1 aliphatic heterocycles. The third-order valence-electron chi connectivity index (χ3n) is 2.92. The molecule has 0 saturated carbocycles. The number of rotatable bonds is 4. The van der Waals surface area contributed by atoms with Gasteiger partial charge in [-0.15, -0.1) is 0 Å². The van der Waals surface area contributed by atoms with Crippen molar-refractivity contribution in [2.75, 3.05) is 32.8 Å². The summed E-state index contributed by atoms with van der Waals surface area (Å²) in [7, 11) is 0. The van der Waals surface area contributed by atoms with E-state index in [-0.39, 0.29) is 11.7 Å². The largest absolute Gasteiger partial charge is 0.506 e. The van der Waals surface area contributed by atoms with E-state index in [0.717, 1.165) is 17.6 Å². The van der Waals surface area contributed by atoms with Crippen LogP contribution in [0.25, 0.3) is 0 Å². The van der Waals surface area contributed by atoms with Crippen molar-refractivity contribution >= 4 is 50.6 Å². The fraction of sp³-hybridized carbons (Fsp3) is 0.385. The second-order valence-corrected chi connectivity index (χ2v) is 6.59. The number of carbonyl (C=O) groups excluding carboxylic acids is 1. The van der Waals surface area contributed by atoms with Crippen molar-refractivity contribution in [2.45, 2.75) is 0 Å². The Morgan fingerprint density at radius 1 is 1.52 bits per heavy atom. The van der Waals surface area contributed by atoms with Crippen molar-refractivity contribution in [3.8, 4) is 5.75 Å². The van der Waals surface area contributed by atoms with E-state index in [4.69, 9.17) is 4.74 Å². The summed E-state index contributed by atoms with van der Waals surface area (Å²) in [5.74, 6) is -0.0395. The highest BCUT2D eigenvalue weighted by atomic mass is 127. The summed E-state index contributed by atoms with van der Waals surface area (Å²) in [4.78, 5) is 13.7. The van der Waals surface area contributed by atoms with E-state index >= 15 is 0 Å². The Hall–Kier alpha value is -0.710. The maximum Gasteiger partial charge on any atom is 0.254 e. The number of amides is 1. The second-order valence-electron chi connectivity index (χ2n) is 4.51. The number of phenols is 1. The summed E-state index contributed by atoms with van der Waals surface area (Å²) in [5, 5.41) is 13.8. The Labute approximate surface area is 144 Å². The third-order valence-corrected chi connectivity index (χ3v) is 4.20. The third kappa shape index (κ3) is 5.20. The van der Waals surface area contributed by atoms with E-state index in [1.54, 1.807) is 12.1 Å². The molecule has 1 amide bonds. The van der Waals surface area contributed by atoms with Crippen molar-refractivity contribution < 1.29 is 14.6 Å². The van der Waals surface area contributed by atoms with E-state index in [2.05, 4.69) is 26.5 Å². The number of carbonyl (C=O) groups is 1. The van der Waals surface area contributed by atoms with Crippen LogP contribution >= 0.6 is 38.5 Å². The van der Waals surface area contributed by atoms with Gasteiger partial charge in [-0.3, -0.25) is 9.69 Å². The topological polar surface area (TPSA) is 74.2 Å². The maximum atomic E-state index is 11.7. The number of aromatic hydroxyl groups is 1. The minimum Gasteiger partial charge on any atom is -0.506 e. The van der Waals surface area contributed by atoms with Crippen LogP contribution in [-0.4, -0.2) is 55.0 Å². The number of nitrogens with zero attached hydrogens (tertiary/aromatic N) is 2. The highest BCUT2D eigenvalue weighted by molar-refractivity contribution is 14.1. The molecule has 114 valence electrons. The normalized spacial score (nSPS) is 16.3. The molecule has 1 aliphatic rings. The van der Waals surface area contributed by atoms with Gasteiger partial charge in [0.2, 0.25) is 0 Å². The molecule has 0 aliphatic carbocycles. The van der Waals surface area contributed by atoms with Gasteiger partial charge in [0.1, 0.15) is 5.75 Å². The van der Waals surface area contributed by atoms with E-state index in [1.807, 2.05) is 27.5 Å². The van der Waals surface area contributed by atoms with Crippen LogP contribution < -0.4 is 5.43 Å². The molecule has 1 aromatic rings. The number of phenolic OH excluding ortho intramolecular Hbond substituents is 1. The van der Waals surface area contributed by atoms with Gasteiger partial charge < -0.3 is 9.84 Å². The molecule has 0 radical (unpaired) electrons. The highest BCUT2D eigenvalue weighted by Gasteiger charge is 2.13. The average Bonchev–Trinajstić information content (AvgIpc) is 2.45. The zero-order valence-corrected chi connectivity index (χ0v) is 14.9. The zero-order valence-electron chi connectivity index (χ0n) is 11.2. The average molecular weight is 468 g/mol. The molecular weight excluding hydrogens is 453 g/mol. The predicted octanol–water partition coefficient (Wildman–Crippen LogP) is 1.54. The molecule has 8 heteroatoms. The molecule has 2 rings (SSSR count). The Kier molecular flexibility index (Phi) is 6.40.